The van der Waals surface area contributed by atoms with E-state index in [9.17, 15) is 4.79 Å². The van der Waals surface area contributed by atoms with Crippen molar-refractivity contribution in [2.24, 2.45) is 0 Å². The molecule has 4 nitrogen and oxygen atoms in total. The van der Waals surface area contributed by atoms with Crippen molar-refractivity contribution >= 4 is 45.9 Å². The van der Waals surface area contributed by atoms with Gasteiger partial charge in [-0.3, -0.25) is 9.36 Å². The minimum absolute atomic E-state index is 0.0543. The highest BCUT2D eigenvalue weighted by Gasteiger charge is 2.12. The number of thioether (sulfide) groups is 1. The maximum Gasteiger partial charge on any atom is 0.262 e. The maximum atomic E-state index is 12.9. The Labute approximate surface area is 166 Å². The van der Waals surface area contributed by atoms with E-state index in [-0.39, 0.29) is 5.56 Å². The van der Waals surface area contributed by atoms with E-state index in [0.29, 0.717) is 45.0 Å². The Morgan fingerprint density at radius 1 is 1.12 bits per heavy atom. The highest BCUT2D eigenvalue weighted by atomic mass is 35.5. The van der Waals surface area contributed by atoms with E-state index in [1.807, 2.05) is 24.3 Å². The van der Waals surface area contributed by atoms with Crippen molar-refractivity contribution < 1.29 is 4.74 Å². The van der Waals surface area contributed by atoms with Crippen molar-refractivity contribution in [3.8, 4) is 0 Å². The third kappa shape index (κ3) is 4.60. The summed E-state index contributed by atoms with van der Waals surface area (Å²) in [6.07, 6.45) is 0.742. The van der Waals surface area contributed by atoms with Crippen LogP contribution in [0.5, 0.6) is 0 Å². The van der Waals surface area contributed by atoms with Crippen molar-refractivity contribution in [1.29, 1.82) is 0 Å². The Morgan fingerprint density at radius 3 is 2.58 bits per heavy atom. The maximum absolute atomic E-state index is 12.9. The first kappa shape index (κ1) is 19.2. The number of hydrogen-bond donors (Lipinski definition) is 0. The van der Waals surface area contributed by atoms with Gasteiger partial charge in [0.25, 0.3) is 5.56 Å². The van der Waals surface area contributed by atoms with Crippen molar-refractivity contribution in [3.63, 3.8) is 0 Å². The zero-order chi connectivity index (χ0) is 18.5. The van der Waals surface area contributed by atoms with Crippen LogP contribution in [-0.2, 0) is 17.0 Å². The molecule has 0 unspecified atom stereocenters. The lowest BCUT2D eigenvalue weighted by Crippen LogP contribution is -2.24. The quantitative estimate of drug-likeness (QED) is 0.312. The minimum Gasteiger partial charge on any atom is -0.385 e. The highest BCUT2D eigenvalue weighted by Crippen LogP contribution is 2.24. The molecule has 1 aromatic heterocycles. The average Bonchev–Trinajstić information content (AvgIpc) is 2.63. The fraction of sp³-hybridized carbons (Fsp3) is 0.263. The number of nitrogens with zero attached hydrogens (tertiary/aromatic N) is 2. The summed E-state index contributed by atoms with van der Waals surface area (Å²) in [4.78, 5) is 17.6. The van der Waals surface area contributed by atoms with Crippen LogP contribution in [0.3, 0.4) is 0 Å². The molecule has 0 fully saturated rings. The molecule has 0 aliphatic rings. The molecular weight excluding hydrogens is 391 g/mol. The highest BCUT2D eigenvalue weighted by molar-refractivity contribution is 7.98. The predicted molar refractivity (Wildman–Crippen MR) is 109 cm³/mol. The largest absolute Gasteiger partial charge is 0.385 e. The smallest absolute Gasteiger partial charge is 0.262 e. The molecule has 0 saturated heterocycles. The van der Waals surface area contributed by atoms with Crippen LogP contribution in [0.25, 0.3) is 10.9 Å². The number of halogens is 2. The van der Waals surface area contributed by atoms with Crippen molar-refractivity contribution in [1.82, 2.24) is 9.55 Å². The molecule has 0 N–H and O–H groups in total. The first-order chi connectivity index (χ1) is 12.6. The Morgan fingerprint density at radius 2 is 1.85 bits per heavy atom. The molecule has 26 heavy (non-hydrogen) atoms. The molecule has 0 amide bonds. The average molecular weight is 409 g/mol. The van der Waals surface area contributed by atoms with E-state index in [1.165, 1.54) is 11.8 Å². The fourth-order valence-electron chi connectivity index (χ4n) is 2.58. The molecule has 0 aliphatic heterocycles. The summed E-state index contributed by atoms with van der Waals surface area (Å²) in [6, 6.07) is 12.8. The SMILES string of the molecule is COCCCn1c(SCc2ccc(Cl)cc2)nc2cc(Cl)ccc2c1=O. The van der Waals surface area contributed by atoms with Gasteiger partial charge in [0.15, 0.2) is 5.16 Å². The molecule has 0 saturated carbocycles. The molecule has 1 heterocycles. The Balaban J connectivity index is 1.95. The molecule has 0 spiro atoms. The van der Waals surface area contributed by atoms with Crippen LogP contribution in [-0.4, -0.2) is 23.3 Å². The van der Waals surface area contributed by atoms with Gasteiger partial charge in [-0.15, -0.1) is 0 Å². The second kappa shape index (κ2) is 8.91. The lowest BCUT2D eigenvalue weighted by atomic mass is 10.2. The summed E-state index contributed by atoms with van der Waals surface area (Å²) in [6.45, 7) is 1.15. The number of aromatic nitrogens is 2. The summed E-state index contributed by atoms with van der Waals surface area (Å²) in [5.41, 5.74) is 1.67. The molecular formula is C19H18Cl2N2O2S. The van der Waals surface area contributed by atoms with E-state index in [0.717, 1.165) is 12.0 Å². The summed E-state index contributed by atoms with van der Waals surface area (Å²) in [7, 11) is 1.65. The second-order valence-electron chi connectivity index (χ2n) is 5.77. The van der Waals surface area contributed by atoms with E-state index < -0.39 is 0 Å². The number of methoxy groups -OCH3 is 1. The van der Waals surface area contributed by atoms with Gasteiger partial charge >= 0.3 is 0 Å². The monoisotopic (exact) mass is 408 g/mol. The van der Waals surface area contributed by atoms with Gasteiger partial charge in [-0.1, -0.05) is 47.1 Å². The summed E-state index contributed by atoms with van der Waals surface area (Å²) in [5, 5.41) is 2.52. The topological polar surface area (TPSA) is 44.1 Å². The van der Waals surface area contributed by atoms with Crippen LogP contribution in [0, 0.1) is 0 Å². The third-order valence-corrected chi connectivity index (χ3v) is 5.43. The Bertz CT molecular complexity index is 958. The summed E-state index contributed by atoms with van der Waals surface area (Å²) < 4.78 is 6.83. The molecule has 136 valence electrons. The molecule has 7 heteroatoms. The van der Waals surface area contributed by atoms with Gasteiger partial charge in [-0.25, -0.2) is 4.98 Å². The van der Waals surface area contributed by atoms with Gasteiger partial charge in [0, 0.05) is 36.1 Å². The van der Waals surface area contributed by atoms with E-state index in [2.05, 4.69) is 4.98 Å². The van der Waals surface area contributed by atoms with E-state index in [4.69, 9.17) is 27.9 Å². The number of rotatable bonds is 7. The minimum atomic E-state index is -0.0543. The van der Waals surface area contributed by atoms with Crippen LogP contribution >= 0.6 is 35.0 Å². The normalized spacial score (nSPS) is 11.2. The molecule has 0 radical (unpaired) electrons. The number of hydrogen-bond acceptors (Lipinski definition) is 4. The first-order valence-electron chi connectivity index (χ1n) is 8.15. The molecule has 3 aromatic rings. The lowest BCUT2D eigenvalue weighted by molar-refractivity contribution is 0.189. The summed E-state index contributed by atoms with van der Waals surface area (Å²) in [5.74, 6) is 0.694. The Kier molecular flexibility index (Phi) is 6.59. The van der Waals surface area contributed by atoms with Crippen LogP contribution in [0.1, 0.15) is 12.0 Å². The third-order valence-electron chi connectivity index (χ3n) is 3.89. The predicted octanol–water partition coefficient (Wildman–Crippen LogP) is 5.03. The second-order valence-corrected chi connectivity index (χ2v) is 7.59. The van der Waals surface area contributed by atoms with Gasteiger partial charge in [-0.2, -0.15) is 0 Å². The molecule has 3 rings (SSSR count). The Hall–Kier alpha value is -1.53. The number of benzene rings is 2. The molecule has 0 aliphatic carbocycles. The zero-order valence-corrected chi connectivity index (χ0v) is 16.6. The fourth-order valence-corrected chi connectivity index (χ4v) is 3.85. The molecule has 0 atom stereocenters. The first-order valence-corrected chi connectivity index (χ1v) is 9.89. The molecule has 0 bridgehead atoms. The number of ether oxygens (including phenoxy) is 1. The number of fused-ring (bicyclic) bond motifs is 1. The van der Waals surface area contributed by atoms with Gasteiger partial charge in [-0.05, 0) is 42.3 Å². The van der Waals surface area contributed by atoms with Gasteiger partial charge in [0.2, 0.25) is 0 Å². The van der Waals surface area contributed by atoms with Crippen molar-refractivity contribution in [3.05, 3.63) is 68.4 Å². The standard InChI is InChI=1S/C19H18Cl2N2O2S/c1-25-10-2-9-23-18(24)16-8-7-15(21)11-17(16)22-19(23)26-12-13-3-5-14(20)6-4-13/h3-8,11H,2,9-10,12H2,1H3. The van der Waals surface area contributed by atoms with Crippen LogP contribution < -0.4 is 5.56 Å². The van der Waals surface area contributed by atoms with Crippen LogP contribution in [0.2, 0.25) is 10.0 Å². The zero-order valence-electron chi connectivity index (χ0n) is 14.2. The van der Waals surface area contributed by atoms with Crippen molar-refractivity contribution in [2.45, 2.75) is 23.9 Å². The van der Waals surface area contributed by atoms with Gasteiger partial charge in [0.05, 0.1) is 10.9 Å². The van der Waals surface area contributed by atoms with E-state index >= 15 is 0 Å². The van der Waals surface area contributed by atoms with E-state index in [1.54, 1.807) is 29.9 Å². The van der Waals surface area contributed by atoms with Gasteiger partial charge in [0.1, 0.15) is 0 Å². The van der Waals surface area contributed by atoms with Gasteiger partial charge < -0.3 is 4.74 Å². The summed E-state index contributed by atoms with van der Waals surface area (Å²) >= 11 is 13.5. The lowest BCUT2D eigenvalue weighted by Gasteiger charge is -2.13. The van der Waals surface area contributed by atoms with Crippen LogP contribution in [0.15, 0.2) is 52.4 Å². The molecule has 2 aromatic carbocycles. The van der Waals surface area contributed by atoms with Crippen LogP contribution in [0.4, 0.5) is 0 Å². The van der Waals surface area contributed by atoms with Crippen molar-refractivity contribution in [2.75, 3.05) is 13.7 Å².